The minimum Gasteiger partial charge on any atom is -0.369 e. The number of hydrogen-bond acceptors (Lipinski definition) is 2. The van der Waals surface area contributed by atoms with E-state index in [4.69, 9.17) is 11.5 Å². The van der Waals surface area contributed by atoms with E-state index in [-0.39, 0.29) is 30.3 Å². The Morgan fingerprint density at radius 3 is 2.27 bits per heavy atom. The maximum atomic E-state index is 10.7. The van der Waals surface area contributed by atoms with Crippen molar-refractivity contribution in [3.63, 3.8) is 0 Å². The molecule has 0 spiro atoms. The normalized spacial score (nSPS) is 29.2. The summed E-state index contributed by atoms with van der Waals surface area (Å²) >= 11 is 0. The van der Waals surface area contributed by atoms with Crippen LogP contribution in [0.5, 0.6) is 0 Å². The number of primary amides is 1. The molecule has 0 fully saturated rings. The van der Waals surface area contributed by atoms with Crippen LogP contribution in [-0.4, -0.2) is 11.9 Å². The van der Waals surface area contributed by atoms with Crippen LogP contribution in [-0.2, 0) is 4.79 Å². The zero-order chi connectivity index (χ0) is 7.56. The summed E-state index contributed by atoms with van der Waals surface area (Å²) in [6, 6.07) is -0.0671. The first kappa shape index (κ1) is 10.5. The fraction of sp³-hybridized carbons (Fsp3) is 0.571. The van der Waals surface area contributed by atoms with Crippen LogP contribution in [0.2, 0.25) is 0 Å². The fourth-order valence-electron chi connectivity index (χ4n) is 1.16. The quantitative estimate of drug-likeness (QED) is 0.560. The molecule has 0 aromatic rings. The Kier molecular flexibility index (Phi) is 4.15. The average molecular weight is 177 g/mol. The van der Waals surface area contributed by atoms with Crippen molar-refractivity contribution >= 4 is 18.3 Å². The van der Waals surface area contributed by atoms with Crippen molar-refractivity contribution in [2.24, 2.45) is 17.4 Å². The maximum Gasteiger partial charge on any atom is 0.222 e. The van der Waals surface area contributed by atoms with E-state index in [2.05, 4.69) is 0 Å². The van der Waals surface area contributed by atoms with Crippen LogP contribution in [0, 0.1) is 5.92 Å². The molecule has 3 nitrogen and oxygen atoms in total. The van der Waals surface area contributed by atoms with Crippen molar-refractivity contribution < 1.29 is 4.79 Å². The lowest BCUT2D eigenvalue weighted by atomic mass is 9.89. The summed E-state index contributed by atoms with van der Waals surface area (Å²) in [6.45, 7) is 0. The molecule has 4 heteroatoms. The third-order valence-electron chi connectivity index (χ3n) is 1.85. The van der Waals surface area contributed by atoms with Crippen molar-refractivity contribution in [1.82, 2.24) is 0 Å². The summed E-state index contributed by atoms with van der Waals surface area (Å²) < 4.78 is 0. The first-order valence-corrected chi connectivity index (χ1v) is 3.41. The van der Waals surface area contributed by atoms with Crippen molar-refractivity contribution in [1.29, 1.82) is 0 Å². The molecule has 11 heavy (non-hydrogen) atoms. The molecule has 1 aliphatic carbocycles. The lowest BCUT2D eigenvalue weighted by molar-refractivity contribution is -0.122. The third-order valence-corrected chi connectivity index (χ3v) is 1.85. The molecular weight excluding hydrogens is 164 g/mol. The van der Waals surface area contributed by atoms with Gasteiger partial charge in [-0.25, -0.2) is 0 Å². The Balaban J connectivity index is 0.000001000. The Morgan fingerprint density at radius 1 is 1.36 bits per heavy atom. The van der Waals surface area contributed by atoms with E-state index < -0.39 is 0 Å². The van der Waals surface area contributed by atoms with Crippen molar-refractivity contribution in [2.75, 3.05) is 0 Å². The van der Waals surface area contributed by atoms with E-state index >= 15 is 0 Å². The molecule has 1 aliphatic rings. The van der Waals surface area contributed by atoms with Crippen LogP contribution in [0.3, 0.4) is 0 Å². The van der Waals surface area contributed by atoms with E-state index in [1.807, 2.05) is 12.2 Å². The van der Waals surface area contributed by atoms with Gasteiger partial charge in [-0.3, -0.25) is 4.79 Å². The molecule has 0 heterocycles. The molecule has 0 radical (unpaired) electrons. The molecule has 4 N–H and O–H groups in total. The molecule has 0 aromatic carbocycles. The smallest absolute Gasteiger partial charge is 0.222 e. The molecule has 1 rings (SSSR count). The van der Waals surface area contributed by atoms with E-state index in [0.717, 1.165) is 6.42 Å². The van der Waals surface area contributed by atoms with Gasteiger partial charge in [0.15, 0.2) is 0 Å². The van der Waals surface area contributed by atoms with Crippen LogP contribution in [0.1, 0.15) is 12.8 Å². The molecule has 0 bridgehead atoms. The topological polar surface area (TPSA) is 69.1 Å². The summed E-state index contributed by atoms with van der Waals surface area (Å²) in [5, 5.41) is 0. The monoisotopic (exact) mass is 176 g/mol. The summed E-state index contributed by atoms with van der Waals surface area (Å²) in [5.41, 5.74) is 10.7. The van der Waals surface area contributed by atoms with Crippen LogP contribution >= 0.6 is 12.4 Å². The minimum atomic E-state index is -0.281. The summed E-state index contributed by atoms with van der Waals surface area (Å²) in [6.07, 6.45) is 5.42. The average Bonchev–Trinajstić information content (AvgIpc) is 1.88. The number of nitrogens with two attached hydrogens (primary N) is 2. The standard InChI is InChI=1S/C7H12N2O.ClH/c8-6-4-2-1-3-5(6)7(9)10;/h1-2,5-6H,3-4,8H2,(H2,9,10);1H/t5-,6-;/m1./s1. The number of allylic oxidation sites excluding steroid dienone is 1. The molecule has 2 atom stereocenters. The van der Waals surface area contributed by atoms with E-state index in [0.29, 0.717) is 6.42 Å². The highest BCUT2D eigenvalue weighted by Crippen LogP contribution is 2.16. The zero-order valence-electron chi connectivity index (χ0n) is 6.19. The third kappa shape index (κ3) is 2.52. The second-order valence-electron chi connectivity index (χ2n) is 2.62. The highest BCUT2D eigenvalue weighted by molar-refractivity contribution is 5.85. The number of amides is 1. The molecule has 0 saturated heterocycles. The van der Waals surface area contributed by atoms with Crippen LogP contribution < -0.4 is 11.5 Å². The first-order valence-electron chi connectivity index (χ1n) is 3.41. The summed E-state index contributed by atoms with van der Waals surface area (Å²) in [4.78, 5) is 10.7. The largest absolute Gasteiger partial charge is 0.369 e. The number of rotatable bonds is 1. The van der Waals surface area contributed by atoms with Crippen LogP contribution in [0.4, 0.5) is 0 Å². The van der Waals surface area contributed by atoms with E-state index in [1.165, 1.54) is 0 Å². The van der Waals surface area contributed by atoms with E-state index in [1.54, 1.807) is 0 Å². The summed E-state index contributed by atoms with van der Waals surface area (Å²) in [5.74, 6) is -0.429. The van der Waals surface area contributed by atoms with Gasteiger partial charge in [-0.05, 0) is 12.8 Å². The van der Waals surface area contributed by atoms with Gasteiger partial charge in [-0.2, -0.15) is 0 Å². The predicted molar refractivity (Wildman–Crippen MR) is 46.3 cm³/mol. The number of halogens is 1. The Hall–Kier alpha value is -0.540. The second-order valence-corrected chi connectivity index (χ2v) is 2.62. The summed E-state index contributed by atoms with van der Waals surface area (Å²) in [7, 11) is 0. The van der Waals surface area contributed by atoms with Gasteiger partial charge >= 0.3 is 0 Å². The highest BCUT2D eigenvalue weighted by atomic mass is 35.5. The Morgan fingerprint density at radius 2 is 1.91 bits per heavy atom. The lowest BCUT2D eigenvalue weighted by Crippen LogP contribution is -2.39. The van der Waals surface area contributed by atoms with Gasteiger partial charge in [0.1, 0.15) is 0 Å². The van der Waals surface area contributed by atoms with Crippen molar-refractivity contribution in [2.45, 2.75) is 18.9 Å². The SMILES string of the molecule is Cl.NC(=O)[C@@H]1CC=CC[C@H]1N. The molecule has 0 unspecified atom stereocenters. The van der Waals surface area contributed by atoms with Crippen molar-refractivity contribution in [3.8, 4) is 0 Å². The van der Waals surface area contributed by atoms with Gasteiger partial charge in [0, 0.05) is 6.04 Å². The van der Waals surface area contributed by atoms with Crippen LogP contribution in [0.15, 0.2) is 12.2 Å². The molecule has 64 valence electrons. The molecular formula is C7H13ClN2O. The van der Waals surface area contributed by atoms with E-state index in [9.17, 15) is 4.79 Å². The van der Waals surface area contributed by atoms with Gasteiger partial charge in [0.05, 0.1) is 5.92 Å². The van der Waals surface area contributed by atoms with Gasteiger partial charge in [0.2, 0.25) is 5.91 Å². The number of hydrogen-bond donors (Lipinski definition) is 2. The molecule has 0 aliphatic heterocycles. The first-order chi connectivity index (χ1) is 4.72. The Bertz CT molecular complexity index is 170. The maximum absolute atomic E-state index is 10.7. The van der Waals surface area contributed by atoms with Gasteiger partial charge in [-0.15, -0.1) is 12.4 Å². The number of carbonyl (C=O) groups is 1. The zero-order valence-corrected chi connectivity index (χ0v) is 7.01. The second kappa shape index (κ2) is 4.36. The van der Waals surface area contributed by atoms with Gasteiger partial charge in [-0.1, -0.05) is 12.2 Å². The lowest BCUT2D eigenvalue weighted by Gasteiger charge is -2.21. The Labute approximate surface area is 72.2 Å². The minimum absolute atomic E-state index is 0. The van der Waals surface area contributed by atoms with Crippen LogP contribution in [0.25, 0.3) is 0 Å². The molecule has 1 amide bonds. The molecule has 0 saturated carbocycles. The van der Waals surface area contributed by atoms with Crippen molar-refractivity contribution in [3.05, 3.63) is 12.2 Å². The predicted octanol–water partition coefficient (Wildman–Crippen LogP) is 0.187. The van der Waals surface area contributed by atoms with Gasteiger partial charge < -0.3 is 11.5 Å². The fourth-order valence-corrected chi connectivity index (χ4v) is 1.16. The molecule has 0 aromatic heterocycles. The number of carbonyl (C=O) groups excluding carboxylic acids is 1. The highest BCUT2D eigenvalue weighted by Gasteiger charge is 2.23. The van der Waals surface area contributed by atoms with Gasteiger partial charge in [0.25, 0.3) is 0 Å².